The molecule has 0 saturated heterocycles. The maximum Gasteiger partial charge on any atom is 0.306 e. The quantitative estimate of drug-likeness (QED) is 0.0366. The molecule has 0 aromatic carbocycles. The van der Waals surface area contributed by atoms with Crippen LogP contribution in [0.2, 0.25) is 0 Å². The molecule has 0 aromatic heterocycles. The van der Waals surface area contributed by atoms with E-state index >= 15 is 0 Å². The molecule has 3 atom stereocenters. The molecule has 0 saturated carbocycles. The van der Waals surface area contributed by atoms with Gasteiger partial charge in [0.15, 0.2) is 6.10 Å². The van der Waals surface area contributed by atoms with Crippen molar-refractivity contribution in [2.45, 2.75) is 233 Å². The summed E-state index contributed by atoms with van der Waals surface area (Å²) in [5, 5.41) is 0. The Morgan fingerprint density at radius 3 is 1.06 bits per heavy atom. The van der Waals surface area contributed by atoms with Crippen LogP contribution in [0.15, 0.2) is 0 Å². The van der Waals surface area contributed by atoms with Crippen molar-refractivity contribution >= 4 is 17.9 Å². The van der Waals surface area contributed by atoms with E-state index in [4.69, 9.17) is 14.2 Å². The standard InChI is InChI=1S/C43H82O6/c1-6-9-10-11-12-13-17-23-28-33-41(44)47-36-40(37-48-42(45)34-29-24-20-19-22-27-32-39(5)8-3)49-43(46)35-30-25-18-15-14-16-21-26-31-38(4)7-2/h38-40H,6-37H2,1-5H3/t38?,39?,40-/m1/s1. The third-order valence-corrected chi connectivity index (χ3v) is 10.2. The van der Waals surface area contributed by atoms with Gasteiger partial charge >= 0.3 is 17.9 Å². The van der Waals surface area contributed by atoms with Gasteiger partial charge in [0, 0.05) is 19.3 Å². The summed E-state index contributed by atoms with van der Waals surface area (Å²) in [7, 11) is 0. The van der Waals surface area contributed by atoms with Crippen molar-refractivity contribution in [1.82, 2.24) is 0 Å². The number of ether oxygens (including phenoxy) is 3. The predicted octanol–water partition coefficient (Wildman–Crippen LogP) is 13.0. The van der Waals surface area contributed by atoms with Crippen LogP contribution in [0.4, 0.5) is 0 Å². The lowest BCUT2D eigenvalue weighted by atomic mass is 9.99. The van der Waals surface area contributed by atoms with Gasteiger partial charge in [0.2, 0.25) is 0 Å². The lowest BCUT2D eigenvalue weighted by Crippen LogP contribution is -2.30. The molecule has 0 spiro atoms. The second-order valence-corrected chi connectivity index (χ2v) is 15.1. The number of hydrogen-bond acceptors (Lipinski definition) is 6. The monoisotopic (exact) mass is 695 g/mol. The van der Waals surface area contributed by atoms with Crippen LogP contribution >= 0.6 is 0 Å². The normalized spacial score (nSPS) is 13.2. The predicted molar refractivity (Wildman–Crippen MR) is 206 cm³/mol. The maximum absolute atomic E-state index is 12.7. The van der Waals surface area contributed by atoms with Gasteiger partial charge in [0.25, 0.3) is 0 Å². The van der Waals surface area contributed by atoms with Crippen LogP contribution in [0.5, 0.6) is 0 Å². The molecule has 2 unspecified atom stereocenters. The van der Waals surface area contributed by atoms with E-state index in [2.05, 4.69) is 34.6 Å². The van der Waals surface area contributed by atoms with Gasteiger partial charge in [-0.15, -0.1) is 0 Å². The molecule has 6 nitrogen and oxygen atoms in total. The fourth-order valence-electron chi connectivity index (χ4n) is 6.16. The number of unbranched alkanes of at least 4 members (excludes halogenated alkanes) is 20. The van der Waals surface area contributed by atoms with E-state index < -0.39 is 6.10 Å². The van der Waals surface area contributed by atoms with Gasteiger partial charge in [-0.25, -0.2) is 0 Å². The Morgan fingerprint density at radius 1 is 0.408 bits per heavy atom. The van der Waals surface area contributed by atoms with Gasteiger partial charge in [0.05, 0.1) is 0 Å². The Hall–Kier alpha value is -1.59. The van der Waals surface area contributed by atoms with E-state index in [1.165, 1.54) is 116 Å². The first-order valence-corrected chi connectivity index (χ1v) is 21.3. The van der Waals surface area contributed by atoms with E-state index in [1.54, 1.807) is 0 Å². The molecule has 49 heavy (non-hydrogen) atoms. The Morgan fingerprint density at radius 2 is 0.714 bits per heavy atom. The minimum atomic E-state index is -0.760. The number of carbonyl (C=O) groups excluding carboxylic acids is 3. The van der Waals surface area contributed by atoms with Gasteiger partial charge in [-0.1, -0.05) is 189 Å². The summed E-state index contributed by atoms with van der Waals surface area (Å²) in [5.74, 6) is 0.791. The molecule has 0 aromatic rings. The molecule has 0 aliphatic rings. The van der Waals surface area contributed by atoms with Crippen LogP contribution in [0, 0.1) is 11.8 Å². The summed E-state index contributed by atoms with van der Waals surface area (Å²) in [4.78, 5) is 37.5. The fraction of sp³-hybridized carbons (Fsp3) is 0.930. The lowest BCUT2D eigenvalue weighted by Gasteiger charge is -2.18. The highest BCUT2D eigenvalue weighted by Gasteiger charge is 2.19. The molecule has 0 radical (unpaired) electrons. The number of esters is 3. The summed E-state index contributed by atoms with van der Waals surface area (Å²) in [6.07, 6.45) is 32.3. The molecule has 0 heterocycles. The van der Waals surface area contributed by atoms with Crippen LogP contribution < -0.4 is 0 Å². The van der Waals surface area contributed by atoms with Crippen molar-refractivity contribution in [3.63, 3.8) is 0 Å². The van der Waals surface area contributed by atoms with E-state index in [0.29, 0.717) is 19.3 Å². The van der Waals surface area contributed by atoms with Crippen molar-refractivity contribution in [2.75, 3.05) is 13.2 Å². The van der Waals surface area contributed by atoms with E-state index in [9.17, 15) is 14.4 Å². The second-order valence-electron chi connectivity index (χ2n) is 15.1. The van der Waals surface area contributed by atoms with Crippen LogP contribution in [0.1, 0.15) is 227 Å². The average Bonchev–Trinajstić information content (AvgIpc) is 3.10. The number of rotatable bonds is 37. The third-order valence-electron chi connectivity index (χ3n) is 10.2. The SMILES string of the molecule is CCCCCCCCCCCC(=O)OC[C@H](COC(=O)CCCCCCCCC(C)CC)OC(=O)CCCCCCCCCCC(C)CC. The van der Waals surface area contributed by atoms with Crippen LogP contribution in [-0.4, -0.2) is 37.2 Å². The zero-order valence-corrected chi connectivity index (χ0v) is 33.3. The Bertz CT molecular complexity index is 753. The maximum atomic E-state index is 12.7. The summed E-state index contributed by atoms with van der Waals surface area (Å²) in [6, 6.07) is 0. The van der Waals surface area contributed by atoms with Crippen LogP contribution in [-0.2, 0) is 28.6 Å². The van der Waals surface area contributed by atoms with Crippen molar-refractivity contribution < 1.29 is 28.6 Å². The summed E-state index contributed by atoms with van der Waals surface area (Å²) in [6.45, 7) is 11.3. The molecule has 0 aliphatic heterocycles. The molecule has 0 amide bonds. The Balaban J connectivity index is 4.37. The van der Waals surface area contributed by atoms with Crippen molar-refractivity contribution in [2.24, 2.45) is 11.8 Å². The lowest BCUT2D eigenvalue weighted by molar-refractivity contribution is -0.167. The van der Waals surface area contributed by atoms with Gasteiger partial charge in [0.1, 0.15) is 13.2 Å². The molecule has 0 bridgehead atoms. The van der Waals surface area contributed by atoms with Crippen molar-refractivity contribution in [3.8, 4) is 0 Å². The Kier molecular flexibility index (Phi) is 35.0. The van der Waals surface area contributed by atoms with E-state index in [1.807, 2.05) is 0 Å². The molecule has 290 valence electrons. The van der Waals surface area contributed by atoms with Gasteiger partial charge in [-0.05, 0) is 31.1 Å². The average molecular weight is 695 g/mol. The van der Waals surface area contributed by atoms with Crippen molar-refractivity contribution in [3.05, 3.63) is 0 Å². The van der Waals surface area contributed by atoms with Gasteiger partial charge < -0.3 is 14.2 Å². The molecule has 0 N–H and O–H groups in total. The first kappa shape index (κ1) is 47.4. The fourth-order valence-corrected chi connectivity index (χ4v) is 6.16. The zero-order valence-electron chi connectivity index (χ0n) is 33.3. The molecule has 0 rings (SSSR count). The molecular formula is C43H82O6. The highest BCUT2D eigenvalue weighted by molar-refractivity contribution is 5.71. The summed E-state index contributed by atoms with van der Waals surface area (Å²) < 4.78 is 16.6. The Labute approximate surface area is 304 Å². The number of carbonyl (C=O) groups is 3. The highest BCUT2D eigenvalue weighted by atomic mass is 16.6. The first-order chi connectivity index (χ1) is 23.8. The molecule has 0 fully saturated rings. The van der Waals surface area contributed by atoms with Crippen LogP contribution in [0.25, 0.3) is 0 Å². The highest BCUT2D eigenvalue weighted by Crippen LogP contribution is 2.17. The second kappa shape index (κ2) is 36.2. The van der Waals surface area contributed by atoms with E-state index in [0.717, 1.165) is 69.6 Å². The molecule has 6 heteroatoms. The van der Waals surface area contributed by atoms with Gasteiger partial charge in [-0.3, -0.25) is 14.4 Å². The largest absolute Gasteiger partial charge is 0.462 e. The molecule has 0 aliphatic carbocycles. The van der Waals surface area contributed by atoms with E-state index in [-0.39, 0.29) is 31.1 Å². The van der Waals surface area contributed by atoms with Crippen molar-refractivity contribution in [1.29, 1.82) is 0 Å². The van der Waals surface area contributed by atoms with Gasteiger partial charge in [-0.2, -0.15) is 0 Å². The topological polar surface area (TPSA) is 78.9 Å². The smallest absolute Gasteiger partial charge is 0.306 e. The van der Waals surface area contributed by atoms with Crippen LogP contribution in [0.3, 0.4) is 0 Å². The summed E-state index contributed by atoms with van der Waals surface area (Å²) >= 11 is 0. The minimum Gasteiger partial charge on any atom is -0.462 e. The summed E-state index contributed by atoms with van der Waals surface area (Å²) in [5.41, 5.74) is 0. The number of hydrogen-bond donors (Lipinski definition) is 0. The minimum absolute atomic E-state index is 0.0665. The first-order valence-electron chi connectivity index (χ1n) is 21.3. The zero-order chi connectivity index (χ0) is 36.2. The third kappa shape index (κ3) is 34.6. The molecular weight excluding hydrogens is 612 g/mol.